The van der Waals surface area contributed by atoms with E-state index in [0.29, 0.717) is 26.2 Å². The van der Waals surface area contributed by atoms with Gasteiger partial charge >= 0.3 is 6.09 Å². The predicted octanol–water partition coefficient (Wildman–Crippen LogP) is 3.83. The van der Waals surface area contributed by atoms with Crippen LogP contribution in [0.1, 0.15) is 31.1 Å². The summed E-state index contributed by atoms with van der Waals surface area (Å²) in [5.74, 6) is -1.09. The van der Waals surface area contributed by atoms with Gasteiger partial charge in [0, 0.05) is 26.2 Å². The Kier molecular flexibility index (Phi) is 5.60. The van der Waals surface area contributed by atoms with Crippen LogP contribution in [0, 0.1) is 5.82 Å². The van der Waals surface area contributed by atoms with E-state index in [1.165, 1.54) is 11.0 Å². The molecule has 0 unspecified atom stereocenters. The average molecular weight is 377 g/mol. The third-order valence-corrected chi connectivity index (χ3v) is 4.06. The fraction of sp³-hybridized carbons (Fsp3) is 0.500. The van der Waals surface area contributed by atoms with Crippen LogP contribution in [0.2, 0.25) is 10.0 Å². The van der Waals surface area contributed by atoms with Crippen molar-refractivity contribution in [1.29, 1.82) is 0 Å². The number of rotatable bonds is 1. The first-order chi connectivity index (χ1) is 11.1. The zero-order valence-corrected chi connectivity index (χ0v) is 15.2. The van der Waals surface area contributed by atoms with Gasteiger partial charge in [0.15, 0.2) is 0 Å². The first-order valence-electron chi connectivity index (χ1n) is 7.50. The van der Waals surface area contributed by atoms with Crippen molar-refractivity contribution in [3.63, 3.8) is 0 Å². The Morgan fingerprint density at radius 3 is 2.12 bits per heavy atom. The number of amides is 2. The second-order valence-electron chi connectivity index (χ2n) is 6.51. The largest absolute Gasteiger partial charge is 0.444 e. The van der Waals surface area contributed by atoms with Crippen molar-refractivity contribution >= 4 is 35.2 Å². The smallest absolute Gasteiger partial charge is 0.410 e. The fourth-order valence-electron chi connectivity index (χ4n) is 2.28. The van der Waals surface area contributed by atoms with E-state index in [2.05, 4.69) is 0 Å². The third kappa shape index (κ3) is 4.51. The van der Waals surface area contributed by atoms with Crippen LogP contribution in [-0.4, -0.2) is 53.6 Å². The molecule has 0 aliphatic carbocycles. The molecule has 1 aliphatic heterocycles. The van der Waals surface area contributed by atoms with E-state index in [1.807, 2.05) is 0 Å². The number of ether oxygens (including phenoxy) is 1. The molecule has 0 radical (unpaired) electrons. The lowest BCUT2D eigenvalue weighted by atomic mass is 10.1. The molecule has 132 valence electrons. The number of hydrogen-bond acceptors (Lipinski definition) is 3. The molecule has 1 aromatic carbocycles. The molecular formula is C16H19Cl2FN2O3. The highest BCUT2D eigenvalue weighted by atomic mass is 35.5. The molecule has 1 saturated heterocycles. The molecule has 2 rings (SSSR count). The number of piperazine rings is 1. The molecule has 0 N–H and O–H groups in total. The highest BCUT2D eigenvalue weighted by molar-refractivity contribution is 6.36. The normalized spacial score (nSPS) is 15.4. The Bertz CT molecular complexity index is 653. The molecule has 1 heterocycles. The molecule has 1 aliphatic rings. The minimum Gasteiger partial charge on any atom is -0.444 e. The first kappa shape index (κ1) is 18.8. The molecule has 0 atom stereocenters. The lowest BCUT2D eigenvalue weighted by molar-refractivity contribution is 0.0141. The quantitative estimate of drug-likeness (QED) is 0.699. The molecular weight excluding hydrogens is 358 g/mol. The molecule has 24 heavy (non-hydrogen) atoms. The third-order valence-electron chi connectivity index (χ3n) is 3.46. The molecule has 1 aromatic rings. The number of hydrogen-bond donors (Lipinski definition) is 0. The Morgan fingerprint density at radius 2 is 1.58 bits per heavy atom. The van der Waals surface area contributed by atoms with Gasteiger partial charge in [-0.1, -0.05) is 23.2 Å². The van der Waals surface area contributed by atoms with E-state index < -0.39 is 17.5 Å². The van der Waals surface area contributed by atoms with Crippen molar-refractivity contribution in [2.24, 2.45) is 0 Å². The predicted molar refractivity (Wildman–Crippen MR) is 90.1 cm³/mol. The molecule has 0 aromatic heterocycles. The first-order valence-corrected chi connectivity index (χ1v) is 8.26. The van der Waals surface area contributed by atoms with Crippen molar-refractivity contribution < 1.29 is 18.7 Å². The van der Waals surface area contributed by atoms with Crippen molar-refractivity contribution in [1.82, 2.24) is 9.80 Å². The van der Waals surface area contributed by atoms with Crippen LogP contribution in [0.25, 0.3) is 0 Å². The van der Waals surface area contributed by atoms with Crippen LogP contribution in [0.5, 0.6) is 0 Å². The summed E-state index contributed by atoms with van der Waals surface area (Å²) in [6, 6.07) is 2.25. The van der Waals surface area contributed by atoms with E-state index in [1.54, 1.807) is 25.7 Å². The van der Waals surface area contributed by atoms with Crippen molar-refractivity contribution in [3.8, 4) is 0 Å². The summed E-state index contributed by atoms with van der Waals surface area (Å²) < 4.78 is 18.9. The second-order valence-corrected chi connectivity index (χ2v) is 7.32. The fourth-order valence-corrected chi connectivity index (χ4v) is 2.74. The SMILES string of the molecule is CC(C)(C)OC(=O)N1CCN(C(=O)c2cc(F)c(Cl)cc2Cl)CC1. The van der Waals surface area contributed by atoms with Gasteiger partial charge in [-0.15, -0.1) is 0 Å². The maximum absolute atomic E-state index is 13.6. The molecule has 5 nitrogen and oxygen atoms in total. The van der Waals surface area contributed by atoms with E-state index in [9.17, 15) is 14.0 Å². The van der Waals surface area contributed by atoms with Crippen LogP contribution in [0.3, 0.4) is 0 Å². The zero-order valence-electron chi connectivity index (χ0n) is 13.7. The highest BCUT2D eigenvalue weighted by Gasteiger charge is 2.29. The van der Waals surface area contributed by atoms with Crippen molar-refractivity contribution in [3.05, 3.63) is 33.6 Å². The summed E-state index contributed by atoms with van der Waals surface area (Å²) in [5, 5.41) is -0.0349. The van der Waals surface area contributed by atoms with E-state index >= 15 is 0 Å². The van der Waals surface area contributed by atoms with Gasteiger partial charge < -0.3 is 14.5 Å². The monoisotopic (exact) mass is 376 g/mol. The van der Waals surface area contributed by atoms with Gasteiger partial charge in [-0.2, -0.15) is 0 Å². The topological polar surface area (TPSA) is 49.9 Å². The Hall–Kier alpha value is -1.53. The molecule has 0 bridgehead atoms. The molecule has 0 saturated carbocycles. The van der Waals surface area contributed by atoms with Crippen LogP contribution in [0.15, 0.2) is 12.1 Å². The average Bonchev–Trinajstić information content (AvgIpc) is 2.49. The summed E-state index contributed by atoms with van der Waals surface area (Å²) >= 11 is 11.6. The molecule has 2 amide bonds. The van der Waals surface area contributed by atoms with E-state index in [-0.39, 0.29) is 21.5 Å². The lowest BCUT2D eigenvalue weighted by Gasteiger charge is -2.35. The van der Waals surface area contributed by atoms with Crippen molar-refractivity contribution in [2.75, 3.05) is 26.2 Å². The Morgan fingerprint density at radius 1 is 1.04 bits per heavy atom. The number of halogens is 3. The van der Waals surface area contributed by atoms with E-state index in [4.69, 9.17) is 27.9 Å². The second kappa shape index (κ2) is 7.15. The van der Waals surface area contributed by atoms with Crippen LogP contribution in [0.4, 0.5) is 9.18 Å². The van der Waals surface area contributed by atoms with Gasteiger partial charge in [0.25, 0.3) is 5.91 Å². The number of nitrogens with zero attached hydrogens (tertiary/aromatic N) is 2. The Labute approximate surface area is 150 Å². The number of benzene rings is 1. The van der Waals surface area contributed by atoms with Crippen LogP contribution < -0.4 is 0 Å². The van der Waals surface area contributed by atoms with Gasteiger partial charge in [-0.25, -0.2) is 9.18 Å². The summed E-state index contributed by atoms with van der Waals surface area (Å²) in [7, 11) is 0. The Balaban J connectivity index is 2.01. The zero-order chi connectivity index (χ0) is 18.1. The van der Waals surface area contributed by atoms with Gasteiger partial charge in [-0.05, 0) is 32.9 Å². The number of carbonyl (C=O) groups excluding carboxylic acids is 2. The summed E-state index contributed by atoms with van der Waals surface area (Å²) in [4.78, 5) is 27.6. The molecule has 0 spiro atoms. The van der Waals surface area contributed by atoms with Gasteiger partial charge in [0.2, 0.25) is 0 Å². The molecule has 1 fully saturated rings. The maximum Gasteiger partial charge on any atom is 0.410 e. The standard InChI is InChI=1S/C16H19Cl2FN2O3/c1-16(2,3)24-15(23)21-6-4-20(5-7-21)14(22)10-8-13(19)12(18)9-11(10)17/h8-9H,4-7H2,1-3H3. The van der Waals surface area contributed by atoms with Gasteiger partial charge in [0.05, 0.1) is 15.6 Å². The summed E-state index contributed by atoms with van der Waals surface area (Å²) in [6.07, 6.45) is -0.412. The number of carbonyl (C=O) groups is 2. The van der Waals surface area contributed by atoms with Gasteiger partial charge in [0.1, 0.15) is 11.4 Å². The minimum absolute atomic E-state index is 0.0595. The highest BCUT2D eigenvalue weighted by Crippen LogP contribution is 2.26. The van der Waals surface area contributed by atoms with Crippen molar-refractivity contribution in [2.45, 2.75) is 26.4 Å². The van der Waals surface area contributed by atoms with Gasteiger partial charge in [-0.3, -0.25) is 4.79 Å². The van der Waals surface area contributed by atoms with Crippen LogP contribution in [-0.2, 0) is 4.74 Å². The summed E-state index contributed by atoms with van der Waals surface area (Å²) in [5.41, 5.74) is -0.512. The minimum atomic E-state index is -0.697. The lowest BCUT2D eigenvalue weighted by Crippen LogP contribution is -2.51. The summed E-state index contributed by atoms with van der Waals surface area (Å²) in [6.45, 7) is 6.70. The molecule has 8 heteroatoms. The maximum atomic E-state index is 13.6. The van der Waals surface area contributed by atoms with Crippen LogP contribution >= 0.6 is 23.2 Å². The van der Waals surface area contributed by atoms with E-state index in [0.717, 1.165) is 6.07 Å².